The van der Waals surface area contributed by atoms with Crippen LogP contribution in [0.25, 0.3) is 10.9 Å². The highest BCUT2D eigenvalue weighted by molar-refractivity contribution is 5.85. The van der Waals surface area contributed by atoms with Crippen molar-refractivity contribution >= 4 is 16.8 Å². The van der Waals surface area contributed by atoms with E-state index >= 15 is 0 Å². The van der Waals surface area contributed by atoms with E-state index in [9.17, 15) is 14.0 Å². The lowest BCUT2D eigenvalue weighted by molar-refractivity contribution is -0.123. The summed E-state index contributed by atoms with van der Waals surface area (Å²) in [6.07, 6.45) is 0. The number of rotatable bonds is 8. The predicted octanol–water partition coefficient (Wildman–Crippen LogP) is 5.01. The van der Waals surface area contributed by atoms with E-state index in [2.05, 4.69) is 5.32 Å². The molecule has 3 aromatic carbocycles. The minimum Gasteiger partial charge on any atom is -0.484 e. The predicted molar refractivity (Wildman–Crippen MR) is 132 cm³/mol. The molecule has 1 amide bonds. The molecule has 1 heterocycles. The van der Waals surface area contributed by atoms with Gasteiger partial charge >= 0.3 is 0 Å². The van der Waals surface area contributed by atoms with Crippen molar-refractivity contribution in [3.63, 3.8) is 0 Å². The quantitative estimate of drug-likeness (QED) is 0.404. The standard InChI is InChI=1S/C28H27FN2O3/c1-19(2)24-15-28(33)31(17-21-10-6-7-11-25(21)29)26-14-22(12-13-23(24)26)34-18-27(32)30-16-20-8-4-3-5-9-20/h3-15,19H,16-18H2,1-2H3,(H,30,32). The van der Waals surface area contributed by atoms with Crippen molar-refractivity contribution in [2.75, 3.05) is 6.61 Å². The van der Waals surface area contributed by atoms with Gasteiger partial charge in [-0.3, -0.25) is 9.59 Å². The summed E-state index contributed by atoms with van der Waals surface area (Å²) in [4.78, 5) is 25.3. The summed E-state index contributed by atoms with van der Waals surface area (Å²) >= 11 is 0. The van der Waals surface area contributed by atoms with Crippen LogP contribution < -0.4 is 15.6 Å². The molecule has 0 atom stereocenters. The second kappa shape index (κ2) is 10.3. The fraction of sp³-hybridized carbons (Fsp3) is 0.214. The highest BCUT2D eigenvalue weighted by atomic mass is 19.1. The molecule has 0 aliphatic rings. The van der Waals surface area contributed by atoms with Crippen LogP contribution in [0.15, 0.2) is 83.7 Å². The van der Waals surface area contributed by atoms with Gasteiger partial charge < -0.3 is 14.6 Å². The Balaban J connectivity index is 1.59. The fourth-order valence-corrected chi connectivity index (χ4v) is 3.91. The van der Waals surface area contributed by atoms with Crippen molar-refractivity contribution in [3.8, 4) is 5.75 Å². The average Bonchev–Trinajstić information content (AvgIpc) is 2.84. The molecule has 0 saturated heterocycles. The van der Waals surface area contributed by atoms with Gasteiger partial charge in [-0.15, -0.1) is 0 Å². The van der Waals surface area contributed by atoms with Crippen LogP contribution in [-0.2, 0) is 17.9 Å². The van der Waals surface area contributed by atoms with Crippen molar-refractivity contribution in [3.05, 3.63) is 112 Å². The van der Waals surface area contributed by atoms with Crippen LogP contribution in [0.3, 0.4) is 0 Å². The molecule has 0 unspecified atom stereocenters. The van der Waals surface area contributed by atoms with E-state index in [0.29, 0.717) is 23.4 Å². The molecular formula is C28H27FN2O3. The third-order valence-corrected chi connectivity index (χ3v) is 5.73. The molecule has 0 aliphatic carbocycles. The zero-order valence-electron chi connectivity index (χ0n) is 19.3. The molecular weight excluding hydrogens is 431 g/mol. The number of aromatic nitrogens is 1. The van der Waals surface area contributed by atoms with Gasteiger partial charge in [0.25, 0.3) is 11.5 Å². The first kappa shape index (κ1) is 23.2. The molecule has 5 nitrogen and oxygen atoms in total. The largest absolute Gasteiger partial charge is 0.484 e. The van der Waals surface area contributed by atoms with Crippen molar-refractivity contribution in [1.82, 2.24) is 9.88 Å². The van der Waals surface area contributed by atoms with E-state index < -0.39 is 0 Å². The van der Waals surface area contributed by atoms with Gasteiger partial charge in [0.05, 0.1) is 12.1 Å². The fourth-order valence-electron chi connectivity index (χ4n) is 3.91. The molecule has 34 heavy (non-hydrogen) atoms. The summed E-state index contributed by atoms with van der Waals surface area (Å²) in [6.45, 7) is 4.41. The number of nitrogens with one attached hydrogen (secondary N) is 1. The smallest absolute Gasteiger partial charge is 0.258 e. The molecule has 0 saturated carbocycles. The minimum absolute atomic E-state index is 0.0986. The molecule has 0 spiro atoms. The van der Waals surface area contributed by atoms with Gasteiger partial charge in [-0.2, -0.15) is 0 Å². The zero-order valence-corrected chi connectivity index (χ0v) is 19.3. The van der Waals surface area contributed by atoms with Crippen LogP contribution >= 0.6 is 0 Å². The Labute approximate surface area is 197 Å². The Morgan fingerprint density at radius 1 is 1.00 bits per heavy atom. The number of hydrogen-bond acceptors (Lipinski definition) is 3. The molecule has 0 fully saturated rings. The van der Waals surface area contributed by atoms with Gasteiger partial charge in [0.1, 0.15) is 11.6 Å². The number of carbonyl (C=O) groups excluding carboxylic acids is 1. The summed E-state index contributed by atoms with van der Waals surface area (Å²) in [5.74, 6) is -0.0135. The Morgan fingerprint density at radius 2 is 1.74 bits per heavy atom. The normalized spacial score (nSPS) is 11.1. The molecule has 1 N–H and O–H groups in total. The third kappa shape index (κ3) is 5.34. The molecule has 174 valence electrons. The summed E-state index contributed by atoms with van der Waals surface area (Å²) < 4.78 is 21.6. The van der Waals surface area contributed by atoms with Crippen LogP contribution in [0.5, 0.6) is 5.75 Å². The van der Waals surface area contributed by atoms with Crippen molar-refractivity contribution in [2.45, 2.75) is 32.9 Å². The molecule has 0 radical (unpaired) electrons. The lowest BCUT2D eigenvalue weighted by Crippen LogP contribution is -2.28. The maximum atomic E-state index is 14.3. The highest BCUT2D eigenvalue weighted by Gasteiger charge is 2.14. The Hall–Kier alpha value is -3.93. The van der Waals surface area contributed by atoms with Crippen LogP contribution in [0.1, 0.15) is 36.5 Å². The molecule has 4 aromatic rings. The van der Waals surface area contributed by atoms with E-state index in [1.807, 2.05) is 50.2 Å². The Kier molecular flexibility index (Phi) is 7.07. The summed E-state index contributed by atoms with van der Waals surface area (Å²) in [7, 11) is 0. The van der Waals surface area contributed by atoms with Crippen molar-refractivity contribution < 1.29 is 13.9 Å². The second-order valence-corrected chi connectivity index (χ2v) is 8.50. The number of benzene rings is 3. The van der Waals surface area contributed by atoms with Crippen LogP contribution in [0, 0.1) is 5.82 Å². The van der Waals surface area contributed by atoms with E-state index in [4.69, 9.17) is 4.74 Å². The van der Waals surface area contributed by atoms with Gasteiger partial charge in [-0.05, 0) is 35.2 Å². The summed E-state index contributed by atoms with van der Waals surface area (Å²) in [5.41, 5.74) is 2.77. The highest BCUT2D eigenvalue weighted by Crippen LogP contribution is 2.28. The lowest BCUT2D eigenvalue weighted by atomic mass is 9.98. The molecule has 4 rings (SSSR count). The molecule has 6 heteroatoms. The van der Waals surface area contributed by atoms with E-state index in [1.165, 1.54) is 6.07 Å². The minimum atomic E-state index is -0.363. The zero-order chi connectivity index (χ0) is 24.1. The van der Waals surface area contributed by atoms with Gasteiger partial charge in [0.15, 0.2) is 6.61 Å². The van der Waals surface area contributed by atoms with Crippen molar-refractivity contribution in [1.29, 1.82) is 0 Å². The van der Waals surface area contributed by atoms with E-state index in [-0.39, 0.29) is 36.4 Å². The molecule has 0 bridgehead atoms. The van der Waals surface area contributed by atoms with Crippen LogP contribution in [-0.4, -0.2) is 17.1 Å². The summed E-state index contributed by atoms with van der Waals surface area (Å²) in [6, 6.07) is 23.1. The van der Waals surface area contributed by atoms with Gasteiger partial charge in [-0.25, -0.2) is 4.39 Å². The summed E-state index contributed by atoms with van der Waals surface area (Å²) in [5, 5.41) is 3.72. The van der Waals surface area contributed by atoms with E-state index in [1.54, 1.807) is 41.0 Å². The van der Waals surface area contributed by atoms with Gasteiger partial charge in [-0.1, -0.05) is 62.4 Å². The number of halogens is 1. The van der Waals surface area contributed by atoms with Crippen molar-refractivity contribution in [2.24, 2.45) is 0 Å². The van der Waals surface area contributed by atoms with Crippen LogP contribution in [0.2, 0.25) is 0 Å². The molecule has 1 aromatic heterocycles. The first-order valence-corrected chi connectivity index (χ1v) is 11.3. The third-order valence-electron chi connectivity index (χ3n) is 5.73. The first-order chi connectivity index (χ1) is 16.4. The van der Waals surface area contributed by atoms with Crippen LogP contribution in [0.4, 0.5) is 4.39 Å². The number of ether oxygens (including phenoxy) is 1. The number of amides is 1. The number of pyridine rings is 1. The number of fused-ring (bicyclic) bond motifs is 1. The second-order valence-electron chi connectivity index (χ2n) is 8.50. The van der Waals surface area contributed by atoms with Gasteiger partial charge in [0.2, 0.25) is 0 Å². The topological polar surface area (TPSA) is 60.3 Å². The lowest BCUT2D eigenvalue weighted by Gasteiger charge is -2.17. The Bertz CT molecular complexity index is 1360. The SMILES string of the molecule is CC(C)c1cc(=O)n(Cc2ccccc2F)c2cc(OCC(=O)NCc3ccccc3)ccc12. The van der Waals surface area contributed by atoms with E-state index in [0.717, 1.165) is 16.5 Å². The number of nitrogens with zero attached hydrogens (tertiary/aromatic N) is 1. The average molecular weight is 459 g/mol. The number of hydrogen-bond donors (Lipinski definition) is 1. The first-order valence-electron chi connectivity index (χ1n) is 11.3. The Morgan fingerprint density at radius 3 is 2.47 bits per heavy atom. The maximum Gasteiger partial charge on any atom is 0.258 e. The van der Waals surface area contributed by atoms with Gasteiger partial charge in [0, 0.05) is 29.6 Å². The number of carbonyl (C=O) groups is 1. The molecule has 0 aliphatic heterocycles. The maximum absolute atomic E-state index is 14.3. The monoisotopic (exact) mass is 458 g/mol.